The van der Waals surface area contributed by atoms with Crippen molar-refractivity contribution in [2.45, 2.75) is 26.4 Å². The topological polar surface area (TPSA) is 79.0 Å². The third kappa shape index (κ3) is 3.45. The van der Waals surface area contributed by atoms with Gasteiger partial charge in [0.15, 0.2) is 5.69 Å². The van der Waals surface area contributed by atoms with Crippen LogP contribution in [0.4, 0.5) is 5.69 Å². The van der Waals surface area contributed by atoms with Crippen molar-refractivity contribution in [1.82, 2.24) is 15.5 Å². The minimum absolute atomic E-state index is 0.0123. The maximum Gasteiger partial charge on any atom is 0.276 e. The molecule has 3 N–H and O–H groups in total. The number of aromatic amines is 1. The lowest BCUT2D eigenvalue weighted by atomic mass is 10.1. The molecule has 6 nitrogen and oxygen atoms in total. The molecule has 1 atom stereocenters. The molecule has 1 aromatic heterocycles. The predicted octanol–water partition coefficient (Wildman–Crippen LogP) is 2.85. The molecule has 0 saturated carbocycles. The number of halogens is 1. The number of hydrogen-bond donors (Lipinski definition) is 3. The number of carbonyl (C=O) groups is 1. The molecular formula is C17H21ClN4O2. The molecule has 0 radical (unpaired) electrons. The molecule has 1 fully saturated rings. The first-order chi connectivity index (χ1) is 11.6. The highest BCUT2D eigenvalue weighted by Crippen LogP contribution is 2.28. The summed E-state index contributed by atoms with van der Waals surface area (Å²) in [6, 6.07) is 5.56. The molecule has 0 spiro atoms. The highest BCUT2D eigenvalue weighted by atomic mass is 35.5. The SMILES string of the molecule is CCc1[nH]nc(C(=O)Nc2ccc(C3CNCCO3)cc2Cl)c1C. The van der Waals surface area contributed by atoms with Crippen LogP contribution in [0.25, 0.3) is 0 Å². The standard InChI is InChI=1S/C17H21ClN4O2/c1-3-13-10(2)16(22-21-13)17(23)20-14-5-4-11(8-12(14)18)15-9-19-6-7-24-15/h4-5,8,15,19H,3,6-7,9H2,1-2H3,(H,20,23)(H,21,22). The Labute approximate surface area is 145 Å². The molecule has 1 aromatic carbocycles. The minimum atomic E-state index is -0.270. The number of carbonyl (C=O) groups excluding carboxylic acids is 1. The summed E-state index contributed by atoms with van der Waals surface area (Å²) in [6.07, 6.45) is 0.790. The lowest BCUT2D eigenvalue weighted by Crippen LogP contribution is -2.33. The fraction of sp³-hybridized carbons (Fsp3) is 0.412. The van der Waals surface area contributed by atoms with Gasteiger partial charge < -0.3 is 15.4 Å². The van der Waals surface area contributed by atoms with E-state index in [9.17, 15) is 4.79 Å². The van der Waals surface area contributed by atoms with Crippen molar-refractivity contribution in [3.63, 3.8) is 0 Å². The van der Waals surface area contributed by atoms with Gasteiger partial charge in [0.2, 0.25) is 0 Å². The smallest absolute Gasteiger partial charge is 0.276 e. The third-order valence-corrected chi connectivity index (χ3v) is 4.53. The maximum absolute atomic E-state index is 12.4. The van der Waals surface area contributed by atoms with E-state index in [2.05, 4.69) is 20.8 Å². The monoisotopic (exact) mass is 348 g/mol. The van der Waals surface area contributed by atoms with E-state index in [0.29, 0.717) is 23.0 Å². The van der Waals surface area contributed by atoms with E-state index in [-0.39, 0.29) is 12.0 Å². The zero-order chi connectivity index (χ0) is 17.1. The van der Waals surface area contributed by atoms with Gasteiger partial charge in [-0.05, 0) is 31.0 Å². The van der Waals surface area contributed by atoms with Crippen LogP contribution in [0, 0.1) is 6.92 Å². The molecular weight excluding hydrogens is 328 g/mol. The Hall–Kier alpha value is -1.89. The second kappa shape index (κ2) is 7.34. The van der Waals surface area contributed by atoms with E-state index in [1.54, 1.807) is 6.07 Å². The number of benzene rings is 1. The summed E-state index contributed by atoms with van der Waals surface area (Å²) < 4.78 is 5.72. The largest absolute Gasteiger partial charge is 0.371 e. The molecule has 3 rings (SSSR count). The van der Waals surface area contributed by atoms with Crippen LogP contribution in [0.5, 0.6) is 0 Å². The summed E-state index contributed by atoms with van der Waals surface area (Å²) in [4.78, 5) is 12.4. The van der Waals surface area contributed by atoms with Gasteiger partial charge in [0, 0.05) is 24.3 Å². The van der Waals surface area contributed by atoms with Gasteiger partial charge in [-0.3, -0.25) is 9.89 Å². The van der Waals surface area contributed by atoms with E-state index in [1.165, 1.54) is 0 Å². The van der Waals surface area contributed by atoms with Crippen molar-refractivity contribution in [1.29, 1.82) is 0 Å². The Bertz CT molecular complexity index is 738. The van der Waals surface area contributed by atoms with Crippen LogP contribution in [0.3, 0.4) is 0 Å². The van der Waals surface area contributed by atoms with Crippen LogP contribution in [-0.4, -0.2) is 35.8 Å². The Morgan fingerprint density at radius 3 is 2.96 bits per heavy atom. The fourth-order valence-electron chi connectivity index (χ4n) is 2.79. The highest BCUT2D eigenvalue weighted by molar-refractivity contribution is 6.34. The lowest BCUT2D eigenvalue weighted by molar-refractivity contribution is 0.0277. The Balaban J connectivity index is 1.75. The van der Waals surface area contributed by atoms with Crippen LogP contribution < -0.4 is 10.6 Å². The summed E-state index contributed by atoms with van der Waals surface area (Å²) in [5.74, 6) is -0.270. The van der Waals surface area contributed by atoms with E-state index < -0.39 is 0 Å². The molecule has 0 aliphatic carbocycles. The lowest BCUT2D eigenvalue weighted by Gasteiger charge is -2.24. The molecule has 7 heteroatoms. The van der Waals surface area contributed by atoms with E-state index in [4.69, 9.17) is 16.3 Å². The molecule has 1 aliphatic rings. The van der Waals surface area contributed by atoms with Crippen molar-refractivity contribution in [3.8, 4) is 0 Å². The van der Waals surface area contributed by atoms with E-state index in [1.807, 2.05) is 26.0 Å². The molecule has 128 valence electrons. The Morgan fingerprint density at radius 2 is 2.33 bits per heavy atom. The summed E-state index contributed by atoms with van der Waals surface area (Å²) in [5.41, 5.74) is 3.78. The number of amides is 1. The number of ether oxygens (including phenoxy) is 1. The second-order valence-electron chi connectivity index (χ2n) is 5.79. The number of morpholine rings is 1. The quantitative estimate of drug-likeness (QED) is 0.793. The van der Waals surface area contributed by atoms with E-state index in [0.717, 1.165) is 36.3 Å². The summed E-state index contributed by atoms with van der Waals surface area (Å²) in [5, 5.41) is 13.6. The number of nitrogens with zero attached hydrogens (tertiary/aromatic N) is 1. The van der Waals surface area contributed by atoms with Gasteiger partial charge in [0.05, 0.1) is 23.4 Å². The second-order valence-corrected chi connectivity index (χ2v) is 6.19. The maximum atomic E-state index is 12.4. The molecule has 1 amide bonds. The first-order valence-electron chi connectivity index (χ1n) is 8.07. The van der Waals surface area contributed by atoms with Gasteiger partial charge in [-0.15, -0.1) is 0 Å². The number of aryl methyl sites for hydroxylation is 1. The first kappa shape index (κ1) is 17.0. The van der Waals surface area contributed by atoms with E-state index >= 15 is 0 Å². The predicted molar refractivity (Wildman–Crippen MR) is 93.7 cm³/mol. The average molecular weight is 349 g/mol. The Kier molecular flexibility index (Phi) is 5.18. The van der Waals surface area contributed by atoms with Crippen LogP contribution in [0.1, 0.15) is 40.3 Å². The van der Waals surface area contributed by atoms with Gasteiger partial charge in [-0.25, -0.2) is 0 Å². The molecule has 24 heavy (non-hydrogen) atoms. The van der Waals surface area contributed by atoms with Gasteiger partial charge in [0.25, 0.3) is 5.91 Å². The van der Waals surface area contributed by atoms with Crippen LogP contribution >= 0.6 is 11.6 Å². The van der Waals surface area contributed by atoms with Gasteiger partial charge in [0.1, 0.15) is 0 Å². The summed E-state index contributed by atoms with van der Waals surface area (Å²) >= 11 is 6.33. The molecule has 1 aliphatic heterocycles. The van der Waals surface area contributed by atoms with Crippen molar-refractivity contribution in [2.24, 2.45) is 0 Å². The average Bonchev–Trinajstić information content (AvgIpc) is 2.98. The summed E-state index contributed by atoms with van der Waals surface area (Å²) in [7, 11) is 0. The van der Waals surface area contributed by atoms with Crippen LogP contribution in [0.15, 0.2) is 18.2 Å². The third-order valence-electron chi connectivity index (χ3n) is 4.22. The number of H-pyrrole nitrogens is 1. The normalized spacial score (nSPS) is 17.7. The van der Waals surface area contributed by atoms with Crippen molar-refractivity contribution in [3.05, 3.63) is 45.7 Å². The van der Waals surface area contributed by atoms with Crippen LogP contribution in [-0.2, 0) is 11.2 Å². The van der Waals surface area contributed by atoms with Gasteiger partial charge in [-0.2, -0.15) is 5.10 Å². The van der Waals surface area contributed by atoms with Crippen LogP contribution in [0.2, 0.25) is 5.02 Å². The molecule has 2 heterocycles. The van der Waals surface area contributed by atoms with Crippen molar-refractivity contribution >= 4 is 23.2 Å². The number of rotatable bonds is 4. The highest BCUT2D eigenvalue weighted by Gasteiger charge is 2.19. The Morgan fingerprint density at radius 1 is 1.50 bits per heavy atom. The van der Waals surface area contributed by atoms with Crippen molar-refractivity contribution < 1.29 is 9.53 Å². The zero-order valence-electron chi connectivity index (χ0n) is 13.8. The number of nitrogens with one attached hydrogen (secondary N) is 3. The molecule has 1 saturated heterocycles. The number of hydrogen-bond acceptors (Lipinski definition) is 4. The molecule has 1 unspecified atom stereocenters. The minimum Gasteiger partial charge on any atom is -0.371 e. The summed E-state index contributed by atoms with van der Waals surface area (Å²) in [6.45, 7) is 6.20. The van der Waals surface area contributed by atoms with Gasteiger partial charge in [-0.1, -0.05) is 24.6 Å². The first-order valence-corrected chi connectivity index (χ1v) is 8.45. The van der Waals surface area contributed by atoms with Gasteiger partial charge >= 0.3 is 0 Å². The molecule has 0 bridgehead atoms. The zero-order valence-corrected chi connectivity index (χ0v) is 14.5. The fourth-order valence-corrected chi connectivity index (χ4v) is 3.03. The van der Waals surface area contributed by atoms with Crippen molar-refractivity contribution in [2.75, 3.05) is 25.0 Å². The molecule has 2 aromatic rings. The number of anilines is 1. The number of aromatic nitrogens is 2.